The Labute approximate surface area is 108 Å². The van der Waals surface area contributed by atoms with Gasteiger partial charge in [0.1, 0.15) is 0 Å². The van der Waals surface area contributed by atoms with E-state index in [2.05, 4.69) is 11.4 Å². The Morgan fingerprint density at radius 2 is 2.28 bits per heavy atom. The maximum absolute atomic E-state index is 8.78. The fourth-order valence-electron chi connectivity index (χ4n) is 2.09. The number of nitriles is 1. The molecule has 0 heterocycles. The van der Waals surface area contributed by atoms with E-state index in [1.54, 1.807) is 19.2 Å². The van der Waals surface area contributed by atoms with E-state index in [4.69, 9.17) is 15.7 Å². The fourth-order valence-corrected chi connectivity index (χ4v) is 2.09. The number of nitrogen functional groups attached to an aromatic ring is 1. The molecule has 0 saturated heterocycles. The monoisotopic (exact) mass is 245 g/mol. The average Bonchev–Trinajstić information content (AvgIpc) is 3.15. The Morgan fingerprint density at radius 3 is 2.83 bits per heavy atom. The van der Waals surface area contributed by atoms with E-state index in [0.717, 1.165) is 25.3 Å². The second kappa shape index (κ2) is 5.28. The molecule has 0 atom stereocenters. The molecule has 3 N–H and O–H groups in total. The molecule has 4 heteroatoms. The summed E-state index contributed by atoms with van der Waals surface area (Å²) in [6.45, 7) is 1.73. The quantitative estimate of drug-likeness (QED) is 0.755. The Balaban J connectivity index is 1.93. The number of methoxy groups -OCH3 is 1. The lowest BCUT2D eigenvalue weighted by molar-refractivity contribution is 0.175. The average molecular weight is 245 g/mol. The van der Waals surface area contributed by atoms with Crippen LogP contribution in [-0.2, 0) is 4.74 Å². The summed E-state index contributed by atoms with van der Waals surface area (Å²) in [6, 6.07) is 7.45. The number of anilines is 2. The first-order chi connectivity index (χ1) is 8.69. The molecule has 1 aliphatic rings. The van der Waals surface area contributed by atoms with Gasteiger partial charge in [-0.1, -0.05) is 0 Å². The Morgan fingerprint density at radius 1 is 1.50 bits per heavy atom. The molecule has 1 saturated carbocycles. The van der Waals surface area contributed by atoms with Crippen molar-refractivity contribution in [2.45, 2.75) is 19.3 Å². The van der Waals surface area contributed by atoms with Gasteiger partial charge in [-0.05, 0) is 42.9 Å². The van der Waals surface area contributed by atoms with E-state index in [0.29, 0.717) is 16.7 Å². The van der Waals surface area contributed by atoms with Gasteiger partial charge in [-0.25, -0.2) is 0 Å². The summed E-state index contributed by atoms with van der Waals surface area (Å²) in [5.74, 6) is 0. The predicted octanol–water partition coefficient (Wildman–Crippen LogP) is 2.37. The molecule has 0 aromatic heterocycles. The van der Waals surface area contributed by atoms with Crippen LogP contribution in [0.4, 0.5) is 11.4 Å². The Kier molecular flexibility index (Phi) is 3.73. The first-order valence-corrected chi connectivity index (χ1v) is 6.22. The highest BCUT2D eigenvalue weighted by Gasteiger charge is 2.41. The van der Waals surface area contributed by atoms with Crippen LogP contribution in [-0.4, -0.2) is 20.3 Å². The van der Waals surface area contributed by atoms with E-state index >= 15 is 0 Å². The molecule has 1 aromatic carbocycles. The van der Waals surface area contributed by atoms with Crippen LogP contribution in [0, 0.1) is 16.7 Å². The van der Waals surface area contributed by atoms with Crippen LogP contribution in [0.15, 0.2) is 18.2 Å². The number of hydrogen-bond donors (Lipinski definition) is 2. The minimum Gasteiger partial charge on any atom is -0.397 e. The summed E-state index contributed by atoms with van der Waals surface area (Å²) < 4.78 is 5.14. The lowest BCUT2D eigenvalue weighted by Gasteiger charge is -2.17. The summed E-state index contributed by atoms with van der Waals surface area (Å²) in [4.78, 5) is 0. The van der Waals surface area contributed by atoms with Crippen molar-refractivity contribution in [2.24, 2.45) is 5.41 Å². The van der Waals surface area contributed by atoms with Crippen molar-refractivity contribution in [1.82, 2.24) is 0 Å². The molecule has 4 nitrogen and oxygen atoms in total. The van der Waals surface area contributed by atoms with E-state index in [1.807, 2.05) is 6.07 Å². The molecular weight excluding hydrogens is 226 g/mol. The van der Waals surface area contributed by atoms with Crippen LogP contribution in [0.3, 0.4) is 0 Å². The summed E-state index contributed by atoms with van der Waals surface area (Å²) in [5.41, 5.74) is 8.44. The number of benzene rings is 1. The number of nitrogens with two attached hydrogens (primary N) is 1. The van der Waals surface area contributed by atoms with Gasteiger partial charge in [0.25, 0.3) is 0 Å². The smallest absolute Gasteiger partial charge is 0.0992 e. The molecule has 0 spiro atoms. The minimum absolute atomic E-state index is 0.385. The van der Waals surface area contributed by atoms with Crippen molar-refractivity contribution in [3.8, 4) is 6.07 Å². The maximum atomic E-state index is 8.78. The molecule has 2 rings (SSSR count). The zero-order chi connectivity index (χ0) is 13.0. The summed E-state index contributed by atoms with van der Waals surface area (Å²) in [6.07, 6.45) is 3.59. The zero-order valence-electron chi connectivity index (χ0n) is 10.7. The van der Waals surface area contributed by atoms with Gasteiger partial charge >= 0.3 is 0 Å². The van der Waals surface area contributed by atoms with Crippen LogP contribution in [0.2, 0.25) is 0 Å². The molecule has 0 amide bonds. The first-order valence-electron chi connectivity index (χ1n) is 6.22. The highest BCUT2D eigenvalue weighted by molar-refractivity contribution is 5.68. The molecule has 0 bridgehead atoms. The molecule has 1 aromatic rings. The largest absolute Gasteiger partial charge is 0.397 e. The second-order valence-corrected chi connectivity index (χ2v) is 5.01. The summed E-state index contributed by atoms with van der Waals surface area (Å²) in [5, 5.41) is 12.2. The van der Waals surface area contributed by atoms with E-state index in [-0.39, 0.29) is 0 Å². The van der Waals surface area contributed by atoms with Crippen molar-refractivity contribution >= 4 is 11.4 Å². The normalized spacial score (nSPS) is 16.0. The van der Waals surface area contributed by atoms with E-state index in [1.165, 1.54) is 12.8 Å². The van der Waals surface area contributed by atoms with Crippen LogP contribution in [0.25, 0.3) is 0 Å². The summed E-state index contributed by atoms with van der Waals surface area (Å²) >= 11 is 0. The maximum Gasteiger partial charge on any atom is 0.0992 e. The van der Waals surface area contributed by atoms with Gasteiger partial charge in [-0.15, -0.1) is 0 Å². The van der Waals surface area contributed by atoms with Gasteiger partial charge in [-0.2, -0.15) is 5.26 Å². The molecule has 18 heavy (non-hydrogen) atoms. The van der Waals surface area contributed by atoms with Crippen molar-refractivity contribution < 1.29 is 4.74 Å². The second-order valence-electron chi connectivity index (χ2n) is 5.01. The molecule has 0 aliphatic heterocycles. The third-order valence-electron chi connectivity index (χ3n) is 3.63. The number of nitrogens with zero attached hydrogens (tertiary/aromatic N) is 1. The van der Waals surface area contributed by atoms with Gasteiger partial charge in [0.15, 0.2) is 0 Å². The molecule has 1 fully saturated rings. The number of hydrogen-bond acceptors (Lipinski definition) is 4. The minimum atomic E-state index is 0.385. The van der Waals surface area contributed by atoms with Crippen molar-refractivity contribution in [1.29, 1.82) is 5.26 Å². The van der Waals surface area contributed by atoms with Gasteiger partial charge in [0.2, 0.25) is 0 Å². The lowest BCUT2D eigenvalue weighted by atomic mass is 10.0. The van der Waals surface area contributed by atoms with Crippen LogP contribution < -0.4 is 11.1 Å². The third kappa shape index (κ3) is 2.93. The van der Waals surface area contributed by atoms with Crippen LogP contribution in [0.1, 0.15) is 24.8 Å². The standard InChI is InChI=1S/C14H19N3O/c1-18-7-6-14(4-5-14)10-17-13-3-2-11(9-15)8-12(13)16/h2-3,8,17H,4-7,10,16H2,1H3. The van der Waals surface area contributed by atoms with Crippen LogP contribution >= 0.6 is 0 Å². The van der Waals surface area contributed by atoms with Gasteiger partial charge < -0.3 is 15.8 Å². The van der Waals surface area contributed by atoms with Crippen molar-refractivity contribution in [2.75, 3.05) is 31.3 Å². The molecular formula is C14H19N3O. The van der Waals surface area contributed by atoms with Crippen molar-refractivity contribution in [3.05, 3.63) is 23.8 Å². The summed E-state index contributed by atoms with van der Waals surface area (Å²) in [7, 11) is 1.74. The Hall–Kier alpha value is -1.73. The number of rotatable bonds is 6. The number of ether oxygens (including phenoxy) is 1. The molecule has 0 radical (unpaired) electrons. The molecule has 96 valence electrons. The fraction of sp³-hybridized carbons (Fsp3) is 0.500. The number of nitrogens with one attached hydrogen (secondary N) is 1. The highest BCUT2D eigenvalue weighted by atomic mass is 16.5. The van der Waals surface area contributed by atoms with Gasteiger partial charge in [0, 0.05) is 20.3 Å². The SMILES string of the molecule is COCCC1(CNc2ccc(C#N)cc2N)CC1. The van der Waals surface area contributed by atoms with E-state index in [9.17, 15) is 0 Å². The third-order valence-corrected chi connectivity index (χ3v) is 3.63. The van der Waals surface area contributed by atoms with Gasteiger partial charge in [-0.3, -0.25) is 0 Å². The van der Waals surface area contributed by atoms with Gasteiger partial charge in [0.05, 0.1) is 23.0 Å². The van der Waals surface area contributed by atoms with E-state index < -0.39 is 0 Å². The Bertz CT molecular complexity index is 461. The molecule has 0 unspecified atom stereocenters. The highest BCUT2D eigenvalue weighted by Crippen LogP contribution is 2.48. The van der Waals surface area contributed by atoms with Crippen LogP contribution in [0.5, 0.6) is 0 Å². The lowest BCUT2D eigenvalue weighted by Crippen LogP contribution is -2.17. The van der Waals surface area contributed by atoms with Crippen molar-refractivity contribution in [3.63, 3.8) is 0 Å². The topological polar surface area (TPSA) is 71.1 Å². The predicted molar refractivity (Wildman–Crippen MR) is 72.2 cm³/mol. The first kappa shape index (κ1) is 12.7. The zero-order valence-corrected chi connectivity index (χ0v) is 10.7. The molecule has 1 aliphatic carbocycles.